The molecule has 1 aromatic carbocycles. The Morgan fingerprint density at radius 1 is 1.42 bits per heavy atom. The second kappa shape index (κ2) is 5.89. The number of fused-ring (bicyclic) bond motifs is 1. The average Bonchev–Trinajstić information content (AvgIpc) is 2.43. The Bertz CT molecular complexity index is 494. The minimum Gasteiger partial charge on any atom is -0.488 e. The first-order valence-corrected chi connectivity index (χ1v) is 6.46. The van der Waals surface area contributed by atoms with Crippen molar-refractivity contribution in [3.05, 3.63) is 35.4 Å². The van der Waals surface area contributed by atoms with Crippen LogP contribution in [-0.4, -0.2) is 30.3 Å². The first kappa shape index (κ1) is 13.6. The maximum Gasteiger partial charge on any atom is 0.250 e. The molecule has 2 N–H and O–H groups in total. The van der Waals surface area contributed by atoms with Crippen LogP contribution in [0, 0.1) is 5.92 Å². The standard InChI is InChI=1S/C15H19NO3/c1-10(2)13(17)8-16-15(18)12-7-11-5-3-4-6-14(11)19-9-12/h3-7,10,13,17H,8-9H2,1-2H3,(H,16,18). The lowest BCUT2D eigenvalue weighted by Gasteiger charge is -2.19. The van der Waals surface area contributed by atoms with Gasteiger partial charge < -0.3 is 15.2 Å². The Morgan fingerprint density at radius 2 is 2.16 bits per heavy atom. The molecule has 1 unspecified atom stereocenters. The van der Waals surface area contributed by atoms with Crippen LogP contribution < -0.4 is 10.1 Å². The van der Waals surface area contributed by atoms with Gasteiger partial charge in [0.05, 0.1) is 11.7 Å². The van der Waals surface area contributed by atoms with Gasteiger partial charge in [0.2, 0.25) is 0 Å². The van der Waals surface area contributed by atoms with Crippen molar-refractivity contribution < 1.29 is 14.6 Å². The molecule has 0 aromatic heterocycles. The highest BCUT2D eigenvalue weighted by atomic mass is 16.5. The molecule has 0 spiro atoms. The number of ether oxygens (including phenoxy) is 1. The van der Waals surface area contributed by atoms with Crippen LogP contribution in [-0.2, 0) is 4.79 Å². The van der Waals surface area contributed by atoms with E-state index >= 15 is 0 Å². The lowest BCUT2D eigenvalue weighted by atomic mass is 10.1. The molecule has 102 valence electrons. The molecule has 2 rings (SSSR count). The fraction of sp³-hybridized carbons (Fsp3) is 0.400. The number of aliphatic hydroxyl groups is 1. The highest BCUT2D eigenvalue weighted by molar-refractivity contribution is 5.99. The van der Waals surface area contributed by atoms with Gasteiger partial charge in [-0.25, -0.2) is 0 Å². The van der Waals surface area contributed by atoms with E-state index in [2.05, 4.69) is 5.32 Å². The van der Waals surface area contributed by atoms with Crippen molar-refractivity contribution in [2.24, 2.45) is 5.92 Å². The van der Waals surface area contributed by atoms with E-state index in [0.29, 0.717) is 5.57 Å². The minimum absolute atomic E-state index is 0.123. The smallest absolute Gasteiger partial charge is 0.250 e. The highest BCUT2D eigenvalue weighted by Gasteiger charge is 2.18. The molecular weight excluding hydrogens is 242 g/mol. The second-order valence-corrected chi connectivity index (χ2v) is 5.02. The molecule has 0 saturated heterocycles. The topological polar surface area (TPSA) is 58.6 Å². The van der Waals surface area contributed by atoms with Crippen LogP contribution >= 0.6 is 0 Å². The van der Waals surface area contributed by atoms with Gasteiger partial charge in [-0.2, -0.15) is 0 Å². The minimum atomic E-state index is -0.527. The third-order valence-corrected chi connectivity index (χ3v) is 3.16. The van der Waals surface area contributed by atoms with Crippen LogP contribution in [0.15, 0.2) is 29.8 Å². The number of amides is 1. The summed E-state index contributed by atoms with van der Waals surface area (Å²) >= 11 is 0. The normalized spacial score (nSPS) is 15.3. The molecule has 1 atom stereocenters. The zero-order valence-corrected chi connectivity index (χ0v) is 11.2. The average molecular weight is 261 g/mol. The molecule has 1 aliphatic rings. The van der Waals surface area contributed by atoms with Gasteiger partial charge in [0.1, 0.15) is 12.4 Å². The second-order valence-electron chi connectivity index (χ2n) is 5.02. The van der Waals surface area contributed by atoms with E-state index in [1.165, 1.54) is 0 Å². The van der Waals surface area contributed by atoms with Crippen molar-refractivity contribution >= 4 is 12.0 Å². The number of benzene rings is 1. The Hall–Kier alpha value is -1.81. The van der Waals surface area contributed by atoms with Gasteiger partial charge in [-0.1, -0.05) is 32.0 Å². The van der Waals surface area contributed by atoms with Crippen LogP contribution in [0.3, 0.4) is 0 Å². The van der Waals surface area contributed by atoms with E-state index < -0.39 is 6.10 Å². The first-order valence-electron chi connectivity index (χ1n) is 6.46. The van der Waals surface area contributed by atoms with Crippen molar-refractivity contribution in [3.63, 3.8) is 0 Å². The summed E-state index contributed by atoms with van der Waals surface area (Å²) in [6.07, 6.45) is 1.30. The summed E-state index contributed by atoms with van der Waals surface area (Å²) in [6, 6.07) is 7.59. The first-order chi connectivity index (χ1) is 9.08. The molecule has 1 aliphatic heterocycles. The van der Waals surface area contributed by atoms with Crippen molar-refractivity contribution in [1.82, 2.24) is 5.32 Å². The summed E-state index contributed by atoms with van der Waals surface area (Å²) in [5.74, 6) is 0.730. The lowest BCUT2D eigenvalue weighted by molar-refractivity contribution is -0.118. The van der Waals surface area contributed by atoms with Gasteiger partial charge in [0, 0.05) is 12.1 Å². The molecule has 1 aromatic rings. The number of para-hydroxylation sites is 1. The Kier molecular flexibility index (Phi) is 4.22. The van der Waals surface area contributed by atoms with E-state index in [9.17, 15) is 9.90 Å². The zero-order valence-electron chi connectivity index (χ0n) is 11.2. The third-order valence-electron chi connectivity index (χ3n) is 3.16. The molecule has 0 radical (unpaired) electrons. The number of hydrogen-bond donors (Lipinski definition) is 2. The van der Waals surface area contributed by atoms with Gasteiger partial charge in [0.15, 0.2) is 0 Å². The fourth-order valence-electron chi connectivity index (χ4n) is 1.79. The molecule has 1 amide bonds. The van der Waals surface area contributed by atoms with Crippen LogP contribution in [0.2, 0.25) is 0 Å². The zero-order chi connectivity index (χ0) is 13.8. The Morgan fingerprint density at radius 3 is 2.89 bits per heavy atom. The van der Waals surface area contributed by atoms with Crippen LogP contribution in [0.5, 0.6) is 5.75 Å². The SMILES string of the molecule is CC(C)C(O)CNC(=O)C1=Cc2ccccc2OC1. The van der Waals surface area contributed by atoms with Crippen molar-refractivity contribution in [1.29, 1.82) is 0 Å². The summed E-state index contributed by atoms with van der Waals surface area (Å²) in [4.78, 5) is 12.0. The number of hydrogen-bond acceptors (Lipinski definition) is 3. The predicted octanol–water partition coefficient (Wildman–Crippen LogP) is 1.60. The summed E-state index contributed by atoms with van der Waals surface area (Å²) in [5, 5.41) is 12.4. The van der Waals surface area contributed by atoms with E-state index in [-0.39, 0.29) is 25.0 Å². The predicted molar refractivity (Wildman–Crippen MR) is 73.8 cm³/mol. The van der Waals surface area contributed by atoms with Crippen molar-refractivity contribution in [2.45, 2.75) is 20.0 Å². The number of carbonyl (C=O) groups is 1. The van der Waals surface area contributed by atoms with Crippen LogP contribution in [0.1, 0.15) is 19.4 Å². The summed E-state index contributed by atoms with van der Waals surface area (Å²) in [6.45, 7) is 4.35. The van der Waals surface area contributed by atoms with E-state index in [1.807, 2.05) is 44.2 Å². The molecule has 0 fully saturated rings. The van der Waals surface area contributed by atoms with Gasteiger partial charge >= 0.3 is 0 Å². The molecule has 0 aliphatic carbocycles. The molecule has 4 heteroatoms. The van der Waals surface area contributed by atoms with E-state index in [1.54, 1.807) is 0 Å². The molecule has 1 heterocycles. The fourth-order valence-corrected chi connectivity index (χ4v) is 1.79. The number of rotatable bonds is 4. The third kappa shape index (κ3) is 3.35. The van der Waals surface area contributed by atoms with E-state index in [4.69, 9.17) is 4.74 Å². The maximum atomic E-state index is 12.0. The quantitative estimate of drug-likeness (QED) is 0.865. The largest absolute Gasteiger partial charge is 0.488 e. The Balaban J connectivity index is 2.00. The molecule has 0 bridgehead atoms. The molecule has 4 nitrogen and oxygen atoms in total. The van der Waals surface area contributed by atoms with Gasteiger partial charge in [-0.3, -0.25) is 4.79 Å². The van der Waals surface area contributed by atoms with Crippen molar-refractivity contribution in [3.8, 4) is 5.75 Å². The number of aliphatic hydroxyl groups excluding tert-OH is 1. The van der Waals surface area contributed by atoms with Gasteiger partial charge in [-0.05, 0) is 18.1 Å². The van der Waals surface area contributed by atoms with Crippen LogP contribution in [0.4, 0.5) is 0 Å². The maximum absolute atomic E-state index is 12.0. The molecule has 19 heavy (non-hydrogen) atoms. The monoisotopic (exact) mass is 261 g/mol. The Labute approximate surface area is 113 Å². The molecule has 0 saturated carbocycles. The molecular formula is C15H19NO3. The lowest BCUT2D eigenvalue weighted by Crippen LogP contribution is -2.36. The van der Waals surface area contributed by atoms with E-state index in [0.717, 1.165) is 11.3 Å². The van der Waals surface area contributed by atoms with Crippen LogP contribution in [0.25, 0.3) is 6.08 Å². The van der Waals surface area contributed by atoms with Gasteiger partial charge in [0.25, 0.3) is 5.91 Å². The highest BCUT2D eigenvalue weighted by Crippen LogP contribution is 2.25. The summed E-state index contributed by atoms with van der Waals surface area (Å²) < 4.78 is 5.52. The van der Waals surface area contributed by atoms with Gasteiger partial charge in [-0.15, -0.1) is 0 Å². The summed E-state index contributed by atoms with van der Waals surface area (Å²) in [7, 11) is 0. The summed E-state index contributed by atoms with van der Waals surface area (Å²) in [5.41, 5.74) is 1.48. The van der Waals surface area contributed by atoms with Crippen molar-refractivity contribution in [2.75, 3.05) is 13.2 Å². The number of nitrogens with one attached hydrogen (secondary N) is 1. The number of carbonyl (C=O) groups excluding carboxylic acids is 1.